The highest BCUT2D eigenvalue weighted by Crippen LogP contribution is 2.24. The van der Waals surface area contributed by atoms with Crippen LogP contribution in [0.25, 0.3) is 0 Å². The Balaban J connectivity index is 2.08. The van der Waals surface area contributed by atoms with Crippen molar-refractivity contribution in [3.05, 3.63) is 60.2 Å². The third kappa shape index (κ3) is 4.42. The van der Waals surface area contributed by atoms with Crippen molar-refractivity contribution in [2.24, 2.45) is 5.41 Å². The number of anilines is 1. The van der Waals surface area contributed by atoms with Gasteiger partial charge in [0.2, 0.25) is 5.91 Å². The molecular weight excluding hydrogens is 290 g/mol. The van der Waals surface area contributed by atoms with Crippen LogP contribution in [0.3, 0.4) is 0 Å². The summed E-state index contributed by atoms with van der Waals surface area (Å²) in [5.41, 5.74) is 0.639. The van der Waals surface area contributed by atoms with Gasteiger partial charge in [-0.3, -0.25) is 4.79 Å². The van der Waals surface area contributed by atoms with Crippen molar-refractivity contribution in [2.75, 3.05) is 5.32 Å². The van der Waals surface area contributed by atoms with Crippen molar-refractivity contribution < 1.29 is 14.3 Å². The molecule has 1 N–H and O–H groups in total. The smallest absolute Gasteiger partial charge is 0.343 e. The third-order valence-electron chi connectivity index (χ3n) is 3.81. The van der Waals surface area contributed by atoms with Crippen molar-refractivity contribution in [3.63, 3.8) is 0 Å². The first-order valence-electron chi connectivity index (χ1n) is 7.61. The molecule has 0 radical (unpaired) electrons. The van der Waals surface area contributed by atoms with E-state index in [1.54, 1.807) is 48.5 Å². The Hall–Kier alpha value is -2.62. The van der Waals surface area contributed by atoms with Gasteiger partial charge in [0, 0.05) is 17.2 Å². The lowest BCUT2D eigenvalue weighted by Gasteiger charge is -2.21. The van der Waals surface area contributed by atoms with Crippen LogP contribution < -0.4 is 10.1 Å². The van der Waals surface area contributed by atoms with E-state index >= 15 is 0 Å². The van der Waals surface area contributed by atoms with Gasteiger partial charge in [0.05, 0.1) is 5.56 Å². The summed E-state index contributed by atoms with van der Waals surface area (Å²) >= 11 is 0. The summed E-state index contributed by atoms with van der Waals surface area (Å²) in [5, 5.41) is 2.86. The highest BCUT2D eigenvalue weighted by Gasteiger charge is 2.25. The molecule has 0 atom stereocenters. The van der Waals surface area contributed by atoms with Gasteiger partial charge in [-0.25, -0.2) is 4.79 Å². The number of nitrogens with one attached hydrogen (secondary N) is 1. The molecule has 1 amide bonds. The van der Waals surface area contributed by atoms with Crippen LogP contribution in [-0.4, -0.2) is 11.9 Å². The highest BCUT2D eigenvalue weighted by molar-refractivity contribution is 5.95. The summed E-state index contributed by atoms with van der Waals surface area (Å²) in [6, 6.07) is 15.6. The molecule has 2 rings (SSSR count). The Morgan fingerprint density at radius 1 is 1.04 bits per heavy atom. The van der Waals surface area contributed by atoms with Crippen molar-refractivity contribution >= 4 is 17.6 Å². The van der Waals surface area contributed by atoms with Gasteiger partial charge in [-0.2, -0.15) is 0 Å². The van der Waals surface area contributed by atoms with Crippen molar-refractivity contribution in [2.45, 2.75) is 27.2 Å². The van der Waals surface area contributed by atoms with Crippen LogP contribution in [0, 0.1) is 5.41 Å². The van der Waals surface area contributed by atoms with E-state index in [4.69, 9.17) is 4.74 Å². The maximum absolute atomic E-state index is 12.2. The molecule has 0 heterocycles. The van der Waals surface area contributed by atoms with Gasteiger partial charge >= 0.3 is 5.97 Å². The predicted molar refractivity (Wildman–Crippen MR) is 90.5 cm³/mol. The lowest BCUT2D eigenvalue weighted by atomic mass is 9.89. The first kappa shape index (κ1) is 16.7. The molecule has 0 saturated heterocycles. The summed E-state index contributed by atoms with van der Waals surface area (Å²) in [6.07, 6.45) is 0.738. The maximum Gasteiger partial charge on any atom is 0.343 e. The number of hydrogen-bond donors (Lipinski definition) is 1. The molecule has 23 heavy (non-hydrogen) atoms. The molecule has 4 heteroatoms. The number of esters is 1. The zero-order chi connectivity index (χ0) is 16.9. The molecule has 0 aromatic heterocycles. The minimum atomic E-state index is -0.448. The van der Waals surface area contributed by atoms with E-state index in [2.05, 4.69) is 5.32 Å². The average Bonchev–Trinajstić information content (AvgIpc) is 2.56. The molecule has 0 fully saturated rings. The number of ether oxygens (including phenoxy) is 1. The number of amides is 1. The minimum absolute atomic E-state index is 0.0634. The van der Waals surface area contributed by atoms with Crippen molar-refractivity contribution in [1.82, 2.24) is 0 Å². The van der Waals surface area contributed by atoms with Crippen LogP contribution in [0.5, 0.6) is 5.75 Å². The second-order valence-corrected chi connectivity index (χ2v) is 5.97. The van der Waals surface area contributed by atoms with Crippen LogP contribution in [0.4, 0.5) is 5.69 Å². The zero-order valence-corrected chi connectivity index (χ0v) is 13.6. The molecule has 0 bridgehead atoms. The molecule has 120 valence electrons. The second-order valence-electron chi connectivity index (χ2n) is 5.97. The van der Waals surface area contributed by atoms with E-state index in [0.717, 1.165) is 6.42 Å². The fourth-order valence-electron chi connectivity index (χ4n) is 1.84. The molecule has 0 saturated carbocycles. The lowest BCUT2D eigenvalue weighted by Crippen LogP contribution is -2.29. The van der Waals surface area contributed by atoms with E-state index < -0.39 is 11.4 Å². The Labute approximate surface area is 136 Å². The van der Waals surface area contributed by atoms with Crippen molar-refractivity contribution in [3.8, 4) is 5.75 Å². The SMILES string of the molecule is CCC(C)(C)C(=O)Nc1cccc(OC(=O)c2ccccc2)c1. The van der Waals surface area contributed by atoms with E-state index in [1.807, 2.05) is 26.8 Å². The van der Waals surface area contributed by atoms with Gasteiger partial charge in [0.1, 0.15) is 5.75 Å². The first-order chi connectivity index (χ1) is 10.9. The van der Waals surface area contributed by atoms with Gasteiger partial charge < -0.3 is 10.1 Å². The molecular formula is C19H21NO3. The van der Waals surface area contributed by atoms with E-state index in [1.165, 1.54) is 0 Å². The average molecular weight is 311 g/mol. The molecule has 2 aromatic rings. The summed E-state index contributed by atoms with van der Waals surface area (Å²) in [5.74, 6) is -0.0968. The van der Waals surface area contributed by atoms with Gasteiger partial charge in [-0.05, 0) is 30.7 Å². The molecule has 0 aliphatic carbocycles. The monoisotopic (exact) mass is 311 g/mol. The maximum atomic E-state index is 12.2. The summed E-state index contributed by atoms with van der Waals surface area (Å²) in [6.45, 7) is 5.75. The van der Waals surface area contributed by atoms with Crippen LogP contribution >= 0.6 is 0 Å². The molecule has 2 aromatic carbocycles. The largest absolute Gasteiger partial charge is 0.423 e. The van der Waals surface area contributed by atoms with E-state index in [-0.39, 0.29) is 5.91 Å². The van der Waals surface area contributed by atoms with Crippen LogP contribution in [0.1, 0.15) is 37.6 Å². The van der Waals surface area contributed by atoms with E-state index in [9.17, 15) is 9.59 Å². The van der Waals surface area contributed by atoms with Crippen LogP contribution in [-0.2, 0) is 4.79 Å². The second kappa shape index (κ2) is 7.09. The number of benzene rings is 2. The predicted octanol–water partition coefficient (Wildman–Crippen LogP) is 4.28. The minimum Gasteiger partial charge on any atom is -0.423 e. The topological polar surface area (TPSA) is 55.4 Å². The fourth-order valence-corrected chi connectivity index (χ4v) is 1.84. The highest BCUT2D eigenvalue weighted by atomic mass is 16.5. The number of rotatable bonds is 5. The summed E-state index contributed by atoms with van der Waals surface area (Å²) in [4.78, 5) is 24.2. The summed E-state index contributed by atoms with van der Waals surface area (Å²) in [7, 11) is 0. The van der Waals surface area contributed by atoms with Gasteiger partial charge in [-0.15, -0.1) is 0 Å². The number of carbonyl (C=O) groups is 2. The number of carbonyl (C=O) groups excluding carboxylic acids is 2. The first-order valence-corrected chi connectivity index (χ1v) is 7.61. The lowest BCUT2D eigenvalue weighted by molar-refractivity contribution is -0.124. The molecule has 0 unspecified atom stereocenters. The Morgan fingerprint density at radius 3 is 2.39 bits per heavy atom. The van der Waals surface area contributed by atoms with Gasteiger partial charge in [0.15, 0.2) is 0 Å². The summed E-state index contributed by atoms with van der Waals surface area (Å²) < 4.78 is 5.34. The molecule has 4 nitrogen and oxygen atoms in total. The standard InChI is InChI=1S/C19H21NO3/c1-4-19(2,3)18(22)20-15-11-8-12-16(13-15)23-17(21)14-9-6-5-7-10-14/h5-13H,4H2,1-3H3,(H,20,22). The van der Waals surface area contributed by atoms with Crippen LogP contribution in [0.2, 0.25) is 0 Å². The Kier molecular flexibility index (Phi) is 5.16. The zero-order valence-electron chi connectivity index (χ0n) is 13.6. The fraction of sp³-hybridized carbons (Fsp3) is 0.263. The van der Waals surface area contributed by atoms with Crippen LogP contribution in [0.15, 0.2) is 54.6 Å². The van der Waals surface area contributed by atoms with Crippen molar-refractivity contribution in [1.29, 1.82) is 0 Å². The third-order valence-corrected chi connectivity index (χ3v) is 3.81. The normalized spacial score (nSPS) is 10.9. The quantitative estimate of drug-likeness (QED) is 0.662. The Bertz CT molecular complexity index is 693. The van der Waals surface area contributed by atoms with E-state index in [0.29, 0.717) is 17.0 Å². The molecule has 0 spiro atoms. The number of hydrogen-bond acceptors (Lipinski definition) is 3. The van der Waals surface area contributed by atoms with Gasteiger partial charge in [-0.1, -0.05) is 45.0 Å². The van der Waals surface area contributed by atoms with Gasteiger partial charge in [0.25, 0.3) is 0 Å². The Morgan fingerprint density at radius 2 is 1.74 bits per heavy atom. The molecule has 0 aliphatic rings. The molecule has 0 aliphatic heterocycles.